The van der Waals surface area contributed by atoms with E-state index in [4.69, 9.17) is 16.3 Å². The van der Waals surface area contributed by atoms with Crippen molar-refractivity contribution in [1.82, 2.24) is 0 Å². The fourth-order valence-corrected chi connectivity index (χ4v) is 1.64. The monoisotopic (exact) mass is 206 g/mol. The second kappa shape index (κ2) is 3.68. The number of fused-ring (bicyclic) bond motifs is 1. The molecule has 0 radical (unpaired) electrons. The molecular weight excluding hydrogens is 200 g/mol. The Balaban J connectivity index is 2.68. The Kier molecular flexibility index (Phi) is 2.37. The van der Waals surface area contributed by atoms with E-state index >= 15 is 0 Å². The lowest BCUT2D eigenvalue weighted by Crippen LogP contribution is -1.89. The Morgan fingerprint density at radius 3 is 2.71 bits per heavy atom. The van der Waals surface area contributed by atoms with Crippen molar-refractivity contribution in [1.29, 1.82) is 0 Å². The minimum Gasteiger partial charge on any atom is -0.427 e. The molecule has 0 spiro atoms. The number of benzene rings is 2. The first-order valence-electron chi connectivity index (χ1n) is 4.10. The first-order valence-corrected chi connectivity index (χ1v) is 4.48. The van der Waals surface area contributed by atoms with Gasteiger partial charge in [-0.3, -0.25) is 4.79 Å². The van der Waals surface area contributed by atoms with Crippen LogP contribution in [-0.2, 0) is 4.79 Å². The van der Waals surface area contributed by atoms with E-state index in [-0.39, 0.29) is 0 Å². The molecule has 0 bridgehead atoms. The van der Waals surface area contributed by atoms with Gasteiger partial charge < -0.3 is 4.74 Å². The third kappa shape index (κ3) is 1.44. The summed E-state index contributed by atoms with van der Waals surface area (Å²) in [6.45, 7) is 0.371. The molecule has 14 heavy (non-hydrogen) atoms. The van der Waals surface area contributed by atoms with Gasteiger partial charge in [0.05, 0.1) is 5.02 Å². The van der Waals surface area contributed by atoms with Gasteiger partial charge in [0, 0.05) is 5.39 Å². The molecule has 70 valence electrons. The first-order chi connectivity index (χ1) is 6.83. The zero-order valence-electron chi connectivity index (χ0n) is 7.24. The minimum atomic E-state index is 0.371. The number of rotatable bonds is 2. The summed E-state index contributed by atoms with van der Waals surface area (Å²) in [6.07, 6.45) is 0. The Morgan fingerprint density at radius 1 is 1.14 bits per heavy atom. The maximum absolute atomic E-state index is 10.2. The van der Waals surface area contributed by atoms with Crippen molar-refractivity contribution in [2.24, 2.45) is 0 Å². The maximum atomic E-state index is 10.2. The molecule has 0 saturated carbocycles. The van der Waals surface area contributed by atoms with E-state index < -0.39 is 0 Å². The van der Waals surface area contributed by atoms with Gasteiger partial charge in [0.15, 0.2) is 0 Å². The van der Waals surface area contributed by atoms with E-state index in [0.29, 0.717) is 17.2 Å². The summed E-state index contributed by atoms with van der Waals surface area (Å²) >= 11 is 6.04. The van der Waals surface area contributed by atoms with Crippen LogP contribution in [0.1, 0.15) is 0 Å². The summed E-state index contributed by atoms with van der Waals surface area (Å²) in [5, 5.41) is 2.37. The molecule has 2 nitrogen and oxygen atoms in total. The van der Waals surface area contributed by atoms with Gasteiger partial charge in [0.25, 0.3) is 6.47 Å². The molecule has 2 rings (SSSR count). The predicted octanol–water partition coefficient (Wildman–Crippen LogP) is 3.03. The van der Waals surface area contributed by atoms with Crippen molar-refractivity contribution in [2.45, 2.75) is 0 Å². The highest BCUT2D eigenvalue weighted by atomic mass is 35.5. The van der Waals surface area contributed by atoms with Gasteiger partial charge in [-0.2, -0.15) is 0 Å². The van der Waals surface area contributed by atoms with Crippen molar-refractivity contribution < 1.29 is 9.53 Å². The lowest BCUT2D eigenvalue weighted by Gasteiger charge is -2.04. The van der Waals surface area contributed by atoms with Crippen molar-refractivity contribution in [3.8, 4) is 5.75 Å². The minimum absolute atomic E-state index is 0.371. The maximum Gasteiger partial charge on any atom is 0.298 e. The molecule has 3 heteroatoms. The highest BCUT2D eigenvalue weighted by Crippen LogP contribution is 2.32. The number of ether oxygens (including phenoxy) is 1. The largest absolute Gasteiger partial charge is 0.427 e. The normalized spacial score (nSPS) is 10.1. The van der Waals surface area contributed by atoms with Gasteiger partial charge in [0.2, 0.25) is 0 Å². The molecule has 0 saturated heterocycles. The molecule has 0 heterocycles. The summed E-state index contributed by atoms with van der Waals surface area (Å²) in [6, 6.07) is 11.2. The Labute approximate surface area is 86.1 Å². The Morgan fingerprint density at radius 2 is 1.93 bits per heavy atom. The quantitative estimate of drug-likeness (QED) is 0.706. The summed E-state index contributed by atoms with van der Waals surface area (Å²) < 4.78 is 4.73. The van der Waals surface area contributed by atoms with Crippen LogP contribution in [0, 0.1) is 0 Å². The molecule has 0 aromatic heterocycles. The molecule has 0 N–H and O–H groups in total. The lowest BCUT2D eigenvalue weighted by atomic mass is 10.1. The Bertz CT molecular complexity index is 480. The SMILES string of the molecule is O=COc1ccc2ccccc2c1Cl. The summed E-state index contributed by atoms with van der Waals surface area (Å²) in [7, 11) is 0. The predicted molar refractivity (Wildman–Crippen MR) is 55.7 cm³/mol. The van der Waals surface area contributed by atoms with Crippen LogP contribution in [0.2, 0.25) is 5.02 Å². The number of hydrogen-bond donors (Lipinski definition) is 0. The van der Waals surface area contributed by atoms with Gasteiger partial charge in [-0.25, -0.2) is 0 Å². The fourth-order valence-electron chi connectivity index (χ4n) is 1.36. The number of carbonyl (C=O) groups excluding carboxylic acids is 1. The third-order valence-corrected chi connectivity index (χ3v) is 2.39. The van der Waals surface area contributed by atoms with Crippen LogP contribution in [0.3, 0.4) is 0 Å². The molecule has 0 aliphatic carbocycles. The second-order valence-electron chi connectivity index (χ2n) is 2.81. The smallest absolute Gasteiger partial charge is 0.298 e. The van der Waals surface area contributed by atoms with Gasteiger partial charge >= 0.3 is 0 Å². The van der Waals surface area contributed by atoms with Gasteiger partial charge in [-0.05, 0) is 11.5 Å². The van der Waals surface area contributed by atoms with Gasteiger partial charge in [0.1, 0.15) is 5.75 Å². The summed E-state index contributed by atoms with van der Waals surface area (Å²) in [5.74, 6) is 0.389. The van der Waals surface area contributed by atoms with Gasteiger partial charge in [-0.1, -0.05) is 41.9 Å². The summed E-state index contributed by atoms with van der Waals surface area (Å²) in [5.41, 5.74) is 0. The zero-order valence-corrected chi connectivity index (χ0v) is 7.99. The van der Waals surface area contributed by atoms with Crippen molar-refractivity contribution in [3.05, 3.63) is 41.4 Å². The van der Waals surface area contributed by atoms with Crippen LogP contribution in [-0.4, -0.2) is 6.47 Å². The molecule has 0 amide bonds. The molecule has 2 aromatic carbocycles. The fraction of sp³-hybridized carbons (Fsp3) is 0. The molecule has 0 unspecified atom stereocenters. The van der Waals surface area contributed by atoms with Crippen LogP contribution in [0.15, 0.2) is 36.4 Å². The average Bonchev–Trinajstić information content (AvgIpc) is 2.23. The van der Waals surface area contributed by atoms with Crippen molar-refractivity contribution in [2.75, 3.05) is 0 Å². The van der Waals surface area contributed by atoms with Crippen LogP contribution in [0.4, 0.5) is 0 Å². The highest BCUT2D eigenvalue weighted by Gasteiger charge is 2.05. The van der Waals surface area contributed by atoms with E-state index in [9.17, 15) is 4.79 Å². The van der Waals surface area contributed by atoms with Crippen LogP contribution < -0.4 is 4.74 Å². The third-order valence-electron chi connectivity index (χ3n) is 2.00. The molecule has 2 aromatic rings. The van der Waals surface area contributed by atoms with E-state index in [1.54, 1.807) is 6.07 Å². The molecular formula is C11H7ClO2. The molecule has 0 fully saturated rings. The van der Waals surface area contributed by atoms with Gasteiger partial charge in [-0.15, -0.1) is 0 Å². The average molecular weight is 207 g/mol. The van der Waals surface area contributed by atoms with E-state index in [1.807, 2.05) is 30.3 Å². The Hall–Kier alpha value is -1.54. The second-order valence-corrected chi connectivity index (χ2v) is 3.19. The van der Waals surface area contributed by atoms with E-state index in [2.05, 4.69) is 0 Å². The molecule has 0 aliphatic heterocycles. The number of halogens is 1. The van der Waals surface area contributed by atoms with Crippen molar-refractivity contribution in [3.63, 3.8) is 0 Å². The zero-order chi connectivity index (χ0) is 9.97. The standard InChI is InChI=1S/C11H7ClO2/c12-11-9-4-2-1-3-8(9)5-6-10(11)14-7-13/h1-7H. The van der Waals surface area contributed by atoms with E-state index in [1.165, 1.54) is 0 Å². The number of hydrogen-bond acceptors (Lipinski definition) is 2. The van der Waals surface area contributed by atoms with E-state index in [0.717, 1.165) is 10.8 Å². The van der Waals surface area contributed by atoms with Crippen LogP contribution in [0.5, 0.6) is 5.75 Å². The van der Waals surface area contributed by atoms with Crippen LogP contribution in [0.25, 0.3) is 10.8 Å². The first kappa shape index (κ1) is 9.03. The lowest BCUT2D eigenvalue weighted by molar-refractivity contribution is -0.120. The number of carbonyl (C=O) groups is 1. The topological polar surface area (TPSA) is 26.3 Å². The summed E-state index contributed by atoms with van der Waals surface area (Å²) in [4.78, 5) is 10.2. The molecule has 0 atom stereocenters. The van der Waals surface area contributed by atoms with Crippen molar-refractivity contribution >= 4 is 28.8 Å². The van der Waals surface area contributed by atoms with Crippen LogP contribution >= 0.6 is 11.6 Å². The molecule has 0 aliphatic rings. The highest BCUT2D eigenvalue weighted by molar-refractivity contribution is 6.37.